The SMILES string of the molecule is O=C(NCCc1ccsc1)c1ccc(Br)nc1. The molecule has 0 spiro atoms. The molecule has 88 valence electrons. The van der Waals surface area contributed by atoms with Gasteiger partial charge in [-0.1, -0.05) is 0 Å². The van der Waals surface area contributed by atoms with Gasteiger partial charge in [-0.2, -0.15) is 11.3 Å². The monoisotopic (exact) mass is 310 g/mol. The number of carbonyl (C=O) groups is 1. The van der Waals surface area contributed by atoms with Crippen molar-refractivity contribution < 1.29 is 4.79 Å². The maximum atomic E-state index is 11.7. The second-order valence-corrected chi connectivity index (χ2v) is 5.10. The number of pyridine rings is 1. The molecule has 1 amide bonds. The van der Waals surface area contributed by atoms with Crippen molar-refractivity contribution in [1.82, 2.24) is 10.3 Å². The zero-order valence-electron chi connectivity index (χ0n) is 9.02. The summed E-state index contributed by atoms with van der Waals surface area (Å²) >= 11 is 4.90. The van der Waals surface area contributed by atoms with Crippen LogP contribution in [0.4, 0.5) is 0 Å². The topological polar surface area (TPSA) is 42.0 Å². The normalized spacial score (nSPS) is 10.2. The third-order valence-electron chi connectivity index (χ3n) is 2.27. The van der Waals surface area contributed by atoms with Gasteiger partial charge in [0.25, 0.3) is 5.91 Å². The maximum Gasteiger partial charge on any atom is 0.252 e. The van der Waals surface area contributed by atoms with Crippen molar-refractivity contribution in [3.8, 4) is 0 Å². The highest BCUT2D eigenvalue weighted by molar-refractivity contribution is 9.10. The Balaban J connectivity index is 1.83. The number of hydrogen-bond donors (Lipinski definition) is 1. The Morgan fingerprint density at radius 3 is 2.94 bits per heavy atom. The van der Waals surface area contributed by atoms with Crippen molar-refractivity contribution in [2.24, 2.45) is 0 Å². The van der Waals surface area contributed by atoms with Crippen LogP contribution >= 0.6 is 27.3 Å². The van der Waals surface area contributed by atoms with Crippen LogP contribution in [0.5, 0.6) is 0 Å². The van der Waals surface area contributed by atoms with Gasteiger partial charge < -0.3 is 5.32 Å². The molecule has 2 aromatic rings. The molecule has 0 aromatic carbocycles. The fourth-order valence-electron chi connectivity index (χ4n) is 1.37. The van der Waals surface area contributed by atoms with Gasteiger partial charge in [0.2, 0.25) is 0 Å². The van der Waals surface area contributed by atoms with Crippen molar-refractivity contribution in [2.75, 3.05) is 6.54 Å². The molecular formula is C12H11BrN2OS. The van der Waals surface area contributed by atoms with Gasteiger partial charge in [0, 0.05) is 12.7 Å². The fourth-order valence-corrected chi connectivity index (χ4v) is 2.31. The van der Waals surface area contributed by atoms with E-state index >= 15 is 0 Å². The summed E-state index contributed by atoms with van der Waals surface area (Å²) in [5, 5.41) is 7.00. The number of halogens is 1. The van der Waals surface area contributed by atoms with Crippen LogP contribution in [-0.4, -0.2) is 17.4 Å². The predicted molar refractivity (Wildman–Crippen MR) is 72.3 cm³/mol. The van der Waals surface area contributed by atoms with Gasteiger partial charge in [-0.05, 0) is 56.9 Å². The summed E-state index contributed by atoms with van der Waals surface area (Å²) in [6.45, 7) is 0.644. The number of hydrogen-bond acceptors (Lipinski definition) is 3. The van der Waals surface area contributed by atoms with E-state index in [0.717, 1.165) is 11.0 Å². The molecule has 0 atom stereocenters. The third-order valence-corrected chi connectivity index (χ3v) is 3.47. The smallest absolute Gasteiger partial charge is 0.252 e. The van der Waals surface area contributed by atoms with E-state index in [1.807, 2.05) is 5.38 Å². The van der Waals surface area contributed by atoms with Gasteiger partial charge >= 0.3 is 0 Å². The molecule has 17 heavy (non-hydrogen) atoms. The first kappa shape index (κ1) is 12.3. The first-order valence-corrected chi connectivity index (χ1v) is 6.90. The van der Waals surface area contributed by atoms with E-state index in [9.17, 15) is 4.79 Å². The van der Waals surface area contributed by atoms with Gasteiger partial charge in [-0.25, -0.2) is 4.98 Å². The highest BCUT2D eigenvalue weighted by atomic mass is 79.9. The molecule has 0 fully saturated rings. The average molecular weight is 311 g/mol. The number of rotatable bonds is 4. The lowest BCUT2D eigenvalue weighted by atomic mass is 10.2. The Hall–Kier alpha value is -1.20. The molecule has 0 aliphatic carbocycles. The number of amides is 1. The molecule has 0 aliphatic rings. The number of aromatic nitrogens is 1. The van der Waals surface area contributed by atoms with Gasteiger partial charge in [-0.15, -0.1) is 0 Å². The van der Waals surface area contributed by atoms with E-state index in [4.69, 9.17) is 0 Å². The van der Waals surface area contributed by atoms with E-state index in [1.54, 1.807) is 29.7 Å². The zero-order chi connectivity index (χ0) is 12.1. The van der Waals surface area contributed by atoms with E-state index < -0.39 is 0 Å². The van der Waals surface area contributed by atoms with Crippen molar-refractivity contribution in [1.29, 1.82) is 0 Å². The molecule has 2 rings (SSSR count). The predicted octanol–water partition coefficient (Wildman–Crippen LogP) is 2.88. The molecule has 2 heterocycles. The third kappa shape index (κ3) is 3.64. The standard InChI is InChI=1S/C12H11BrN2OS/c13-11-2-1-10(7-15-11)12(16)14-5-3-9-4-6-17-8-9/h1-2,4,6-8H,3,5H2,(H,14,16). The summed E-state index contributed by atoms with van der Waals surface area (Å²) in [6, 6.07) is 5.57. The lowest BCUT2D eigenvalue weighted by molar-refractivity contribution is 0.0954. The molecule has 0 aliphatic heterocycles. The molecule has 0 saturated heterocycles. The molecule has 0 saturated carbocycles. The molecule has 1 N–H and O–H groups in total. The Bertz CT molecular complexity index is 482. The van der Waals surface area contributed by atoms with Crippen LogP contribution in [0.1, 0.15) is 15.9 Å². The zero-order valence-corrected chi connectivity index (χ0v) is 11.4. The number of nitrogens with zero attached hydrogens (tertiary/aromatic N) is 1. The first-order chi connectivity index (χ1) is 8.25. The molecule has 5 heteroatoms. The van der Waals surface area contributed by atoms with E-state index in [1.165, 1.54) is 5.56 Å². The van der Waals surface area contributed by atoms with Gasteiger partial charge in [0.15, 0.2) is 0 Å². The maximum absolute atomic E-state index is 11.7. The summed E-state index contributed by atoms with van der Waals surface area (Å²) in [5.41, 5.74) is 1.84. The van der Waals surface area contributed by atoms with Crippen LogP contribution in [0.15, 0.2) is 39.8 Å². The van der Waals surface area contributed by atoms with E-state index in [-0.39, 0.29) is 5.91 Å². The molecular weight excluding hydrogens is 300 g/mol. The van der Waals surface area contributed by atoms with Crippen LogP contribution in [0.2, 0.25) is 0 Å². The largest absolute Gasteiger partial charge is 0.352 e. The average Bonchev–Trinajstić information content (AvgIpc) is 2.83. The second kappa shape index (κ2) is 5.93. The second-order valence-electron chi connectivity index (χ2n) is 3.51. The number of nitrogens with one attached hydrogen (secondary N) is 1. The highest BCUT2D eigenvalue weighted by Gasteiger charge is 2.04. The molecule has 3 nitrogen and oxygen atoms in total. The van der Waals surface area contributed by atoms with Crippen molar-refractivity contribution in [3.63, 3.8) is 0 Å². The van der Waals surface area contributed by atoms with Crippen LogP contribution in [0.25, 0.3) is 0 Å². The minimum absolute atomic E-state index is 0.0831. The van der Waals surface area contributed by atoms with E-state index in [0.29, 0.717) is 12.1 Å². The highest BCUT2D eigenvalue weighted by Crippen LogP contribution is 2.07. The summed E-state index contributed by atoms with van der Waals surface area (Å²) < 4.78 is 0.729. The Labute approximate surface area is 112 Å². The lowest BCUT2D eigenvalue weighted by Gasteiger charge is -2.03. The van der Waals surface area contributed by atoms with Crippen LogP contribution in [0, 0.1) is 0 Å². The minimum atomic E-state index is -0.0831. The van der Waals surface area contributed by atoms with Gasteiger partial charge in [-0.3, -0.25) is 4.79 Å². The van der Waals surface area contributed by atoms with Crippen molar-refractivity contribution >= 4 is 33.2 Å². The minimum Gasteiger partial charge on any atom is -0.352 e. The van der Waals surface area contributed by atoms with E-state index in [2.05, 4.69) is 37.7 Å². The lowest BCUT2D eigenvalue weighted by Crippen LogP contribution is -2.25. The van der Waals surface area contributed by atoms with Crippen molar-refractivity contribution in [3.05, 3.63) is 50.9 Å². The van der Waals surface area contributed by atoms with Gasteiger partial charge in [0.1, 0.15) is 4.60 Å². The van der Waals surface area contributed by atoms with Crippen LogP contribution < -0.4 is 5.32 Å². The summed E-state index contributed by atoms with van der Waals surface area (Å²) in [7, 11) is 0. The summed E-state index contributed by atoms with van der Waals surface area (Å²) in [4.78, 5) is 15.7. The molecule has 0 unspecified atom stereocenters. The number of carbonyl (C=O) groups excluding carboxylic acids is 1. The van der Waals surface area contributed by atoms with Crippen molar-refractivity contribution in [2.45, 2.75) is 6.42 Å². The van der Waals surface area contributed by atoms with Crippen LogP contribution in [0.3, 0.4) is 0 Å². The summed E-state index contributed by atoms with van der Waals surface area (Å²) in [6.07, 6.45) is 2.42. The number of thiophene rings is 1. The fraction of sp³-hybridized carbons (Fsp3) is 0.167. The van der Waals surface area contributed by atoms with Crippen LogP contribution in [-0.2, 0) is 6.42 Å². The summed E-state index contributed by atoms with van der Waals surface area (Å²) in [5.74, 6) is -0.0831. The molecule has 2 aromatic heterocycles. The molecule has 0 bridgehead atoms. The first-order valence-electron chi connectivity index (χ1n) is 5.16. The Morgan fingerprint density at radius 2 is 2.29 bits per heavy atom. The molecule has 0 radical (unpaired) electrons. The quantitative estimate of drug-likeness (QED) is 0.882. The van der Waals surface area contributed by atoms with Gasteiger partial charge in [0.05, 0.1) is 5.56 Å². The Morgan fingerprint density at radius 1 is 1.41 bits per heavy atom. The Kier molecular flexibility index (Phi) is 4.28.